The highest BCUT2D eigenvalue weighted by Gasteiger charge is 2.18. The number of hydrogen-bond acceptors (Lipinski definition) is 3. The molecule has 5 heteroatoms. The van der Waals surface area contributed by atoms with Gasteiger partial charge in [-0.1, -0.05) is 29.8 Å². The molecule has 0 fully saturated rings. The zero-order valence-electron chi connectivity index (χ0n) is 14.5. The number of nitrogens with zero attached hydrogens (tertiary/aromatic N) is 1. The van der Waals surface area contributed by atoms with Gasteiger partial charge < -0.3 is 9.64 Å². The second-order valence-corrected chi connectivity index (χ2v) is 5.78. The molecule has 0 radical (unpaired) electrons. The van der Waals surface area contributed by atoms with Crippen molar-refractivity contribution < 1.29 is 18.7 Å². The van der Waals surface area contributed by atoms with Gasteiger partial charge in [0, 0.05) is 18.7 Å². The molecule has 4 nitrogen and oxygen atoms in total. The predicted molar refractivity (Wildman–Crippen MR) is 93.6 cm³/mol. The minimum absolute atomic E-state index is 0.118. The molecule has 2 aromatic carbocycles. The summed E-state index contributed by atoms with van der Waals surface area (Å²) in [6.07, 6.45) is 0.118. The van der Waals surface area contributed by atoms with Crippen molar-refractivity contribution in [3.63, 3.8) is 0 Å². The minimum atomic E-state index is -0.344. The first kappa shape index (κ1) is 18.6. The Kier molecular flexibility index (Phi) is 6.69. The smallest absolute Gasteiger partial charge is 0.307 e. The third kappa shape index (κ3) is 5.71. The van der Waals surface area contributed by atoms with Crippen LogP contribution in [0.1, 0.15) is 34.8 Å². The van der Waals surface area contributed by atoms with E-state index in [0.717, 1.165) is 11.1 Å². The number of benzene rings is 2. The highest BCUT2D eigenvalue weighted by Crippen LogP contribution is 2.13. The molecule has 0 unspecified atom stereocenters. The van der Waals surface area contributed by atoms with Crippen LogP contribution in [0.4, 0.5) is 4.39 Å². The van der Waals surface area contributed by atoms with E-state index in [2.05, 4.69) is 0 Å². The van der Waals surface area contributed by atoms with Gasteiger partial charge in [-0.05, 0) is 43.7 Å². The Labute approximate surface area is 147 Å². The van der Waals surface area contributed by atoms with E-state index >= 15 is 0 Å². The molecule has 0 atom stereocenters. The first-order valence-electron chi connectivity index (χ1n) is 8.25. The van der Waals surface area contributed by atoms with Gasteiger partial charge in [0.25, 0.3) is 5.91 Å². The second-order valence-electron chi connectivity index (χ2n) is 5.78. The van der Waals surface area contributed by atoms with Crippen LogP contribution in [0.15, 0.2) is 48.5 Å². The molecule has 0 saturated carbocycles. The Morgan fingerprint density at radius 3 is 2.48 bits per heavy atom. The Bertz CT molecular complexity index is 728. The average molecular weight is 343 g/mol. The molecule has 0 aliphatic heterocycles. The van der Waals surface area contributed by atoms with Gasteiger partial charge in [0.05, 0.1) is 13.0 Å². The summed E-state index contributed by atoms with van der Waals surface area (Å²) in [7, 11) is 0. The van der Waals surface area contributed by atoms with E-state index in [0.29, 0.717) is 18.7 Å². The van der Waals surface area contributed by atoms with Gasteiger partial charge >= 0.3 is 5.97 Å². The molecule has 0 saturated heterocycles. The van der Waals surface area contributed by atoms with Crippen LogP contribution in [-0.4, -0.2) is 29.9 Å². The van der Waals surface area contributed by atoms with Crippen LogP contribution in [0, 0.1) is 12.7 Å². The summed E-state index contributed by atoms with van der Waals surface area (Å²) >= 11 is 0. The molecule has 0 N–H and O–H groups in total. The van der Waals surface area contributed by atoms with Gasteiger partial charge in [-0.2, -0.15) is 0 Å². The number of carbonyl (C=O) groups is 2. The highest BCUT2D eigenvalue weighted by molar-refractivity contribution is 5.94. The third-order valence-electron chi connectivity index (χ3n) is 3.73. The average Bonchev–Trinajstić information content (AvgIpc) is 2.60. The standard InChI is InChI=1S/C20H22FNO3/c1-3-25-19(23)11-12-22(14-16-7-9-18(21)10-8-16)20(24)17-6-4-5-15(2)13-17/h4-10,13H,3,11-12,14H2,1-2H3. The van der Waals surface area contributed by atoms with Gasteiger partial charge in [0.15, 0.2) is 0 Å². The molecule has 0 aromatic heterocycles. The predicted octanol–water partition coefficient (Wildman–Crippen LogP) is 3.73. The monoisotopic (exact) mass is 343 g/mol. The van der Waals surface area contributed by atoms with Crippen LogP contribution in [-0.2, 0) is 16.1 Å². The normalized spacial score (nSPS) is 10.4. The lowest BCUT2D eigenvalue weighted by Crippen LogP contribution is -2.33. The quantitative estimate of drug-likeness (QED) is 0.720. The molecule has 1 amide bonds. The number of carbonyl (C=O) groups excluding carboxylic acids is 2. The number of amides is 1. The van der Waals surface area contributed by atoms with Crippen LogP contribution >= 0.6 is 0 Å². The Hall–Kier alpha value is -2.69. The minimum Gasteiger partial charge on any atom is -0.466 e. The maximum atomic E-state index is 13.1. The second kappa shape index (κ2) is 8.97. The van der Waals surface area contributed by atoms with E-state index in [1.165, 1.54) is 12.1 Å². The maximum Gasteiger partial charge on any atom is 0.307 e. The van der Waals surface area contributed by atoms with Crippen LogP contribution in [0.25, 0.3) is 0 Å². The Balaban J connectivity index is 2.16. The summed E-state index contributed by atoms with van der Waals surface area (Å²) in [4.78, 5) is 26.1. The molecular formula is C20H22FNO3. The van der Waals surface area contributed by atoms with Crippen molar-refractivity contribution in [2.24, 2.45) is 0 Å². The summed E-state index contributed by atoms with van der Waals surface area (Å²) in [5.74, 6) is -0.840. The van der Waals surface area contributed by atoms with Crippen LogP contribution < -0.4 is 0 Å². The van der Waals surface area contributed by atoms with Crippen LogP contribution in [0.3, 0.4) is 0 Å². The van der Waals surface area contributed by atoms with Crippen LogP contribution in [0.2, 0.25) is 0 Å². The molecule has 132 valence electrons. The van der Waals surface area contributed by atoms with Gasteiger partial charge in [-0.25, -0.2) is 4.39 Å². The summed E-state index contributed by atoms with van der Waals surface area (Å²) < 4.78 is 18.0. The van der Waals surface area contributed by atoms with E-state index in [1.54, 1.807) is 30.0 Å². The fraction of sp³-hybridized carbons (Fsp3) is 0.300. The molecule has 25 heavy (non-hydrogen) atoms. The van der Waals surface area contributed by atoms with Crippen molar-refractivity contribution in [1.29, 1.82) is 0 Å². The van der Waals surface area contributed by atoms with E-state index in [4.69, 9.17) is 4.74 Å². The summed E-state index contributed by atoms with van der Waals surface area (Å²) in [5, 5.41) is 0. The van der Waals surface area contributed by atoms with E-state index < -0.39 is 0 Å². The van der Waals surface area contributed by atoms with Gasteiger partial charge in [0.2, 0.25) is 0 Å². The first-order chi connectivity index (χ1) is 12.0. The summed E-state index contributed by atoms with van der Waals surface area (Å²) in [6.45, 7) is 4.50. The Morgan fingerprint density at radius 1 is 1.12 bits per heavy atom. The first-order valence-corrected chi connectivity index (χ1v) is 8.25. The number of hydrogen-bond donors (Lipinski definition) is 0. The molecule has 2 aromatic rings. The van der Waals surface area contributed by atoms with E-state index in [1.807, 2.05) is 25.1 Å². The van der Waals surface area contributed by atoms with Crippen LogP contribution in [0.5, 0.6) is 0 Å². The number of halogens is 1. The van der Waals surface area contributed by atoms with Gasteiger partial charge in [-0.3, -0.25) is 9.59 Å². The summed E-state index contributed by atoms with van der Waals surface area (Å²) in [6, 6.07) is 13.3. The topological polar surface area (TPSA) is 46.6 Å². The SMILES string of the molecule is CCOC(=O)CCN(Cc1ccc(F)cc1)C(=O)c1cccc(C)c1. The summed E-state index contributed by atoms with van der Waals surface area (Å²) in [5.41, 5.74) is 2.34. The lowest BCUT2D eigenvalue weighted by atomic mass is 10.1. The lowest BCUT2D eigenvalue weighted by molar-refractivity contribution is -0.143. The fourth-order valence-electron chi connectivity index (χ4n) is 2.48. The van der Waals surface area contributed by atoms with Gasteiger partial charge in [-0.15, -0.1) is 0 Å². The molecule has 0 heterocycles. The van der Waals surface area contributed by atoms with Crippen molar-refractivity contribution in [2.75, 3.05) is 13.2 Å². The van der Waals surface area contributed by atoms with Gasteiger partial charge in [0.1, 0.15) is 5.82 Å². The number of ether oxygens (including phenoxy) is 1. The molecular weight excluding hydrogens is 321 g/mol. The fourth-order valence-corrected chi connectivity index (χ4v) is 2.48. The van der Waals surface area contributed by atoms with E-state index in [9.17, 15) is 14.0 Å². The van der Waals surface area contributed by atoms with Crippen molar-refractivity contribution in [1.82, 2.24) is 4.90 Å². The van der Waals surface area contributed by atoms with Crippen molar-refractivity contribution >= 4 is 11.9 Å². The number of rotatable bonds is 7. The third-order valence-corrected chi connectivity index (χ3v) is 3.73. The Morgan fingerprint density at radius 2 is 1.84 bits per heavy atom. The maximum absolute atomic E-state index is 13.1. The zero-order chi connectivity index (χ0) is 18.2. The highest BCUT2D eigenvalue weighted by atomic mass is 19.1. The molecule has 0 bridgehead atoms. The van der Waals surface area contributed by atoms with E-state index in [-0.39, 0.29) is 30.7 Å². The zero-order valence-corrected chi connectivity index (χ0v) is 14.5. The molecule has 0 aliphatic rings. The number of aryl methyl sites for hydroxylation is 1. The largest absolute Gasteiger partial charge is 0.466 e. The number of esters is 1. The van der Waals surface area contributed by atoms with Crippen molar-refractivity contribution in [2.45, 2.75) is 26.8 Å². The van der Waals surface area contributed by atoms with Crippen molar-refractivity contribution in [3.8, 4) is 0 Å². The molecule has 2 rings (SSSR count). The van der Waals surface area contributed by atoms with Crippen molar-refractivity contribution in [3.05, 3.63) is 71.0 Å². The molecule has 0 aliphatic carbocycles. The molecule has 0 spiro atoms. The lowest BCUT2D eigenvalue weighted by Gasteiger charge is -2.23.